The molecule has 1 atom stereocenters. The zero-order valence-electron chi connectivity index (χ0n) is 10.2. The summed E-state index contributed by atoms with van der Waals surface area (Å²) in [6.45, 7) is 0.808. The summed E-state index contributed by atoms with van der Waals surface area (Å²) in [6, 6.07) is 6.17. The van der Waals surface area contributed by atoms with Crippen LogP contribution in [0.5, 0.6) is 0 Å². The van der Waals surface area contributed by atoms with E-state index < -0.39 is 5.97 Å². The molecule has 0 aromatic heterocycles. The third kappa shape index (κ3) is 2.41. The standard InChI is InChI=1S/C13H13N3O3/c14-5-8-1-2-11(10(3-8)13(18)19)16-7-9(6-15)4-12(16)17/h1-3,9H,4,6-7,15H2,(H,18,19). The Bertz CT molecular complexity index is 577. The molecule has 2 rings (SSSR count). The summed E-state index contributed by atoms with van der Waals surface area (Å²) >= 11 is 0. The molecule has 98 valence electrons. The van der Waals surface area contributed by atoms with Crippen molar-refractivity contribution in [1.82, 2.24) is 0 Å². The Labute approximate surface area is 110 Å². The summed E-state index contributed by atoms with van der Waals surface area (Å²) in [4.78, 5) is 24.6. The summed E-state index contributed by atoms with van der Waals surface area (Å²) in [5.74, 6) is -1.25. The number of aromatic carboxylic acids is 1. The molecule has 1 heterocycles. The molecule has 0 radical (unpaired) electrons. The molecule has 0 saturated carbocycles. The fourth-order valence-electron chi connectivity index (χ4n) is 2.18. The van der Waals surface area contributed by atoms with Crippen molar-refractivity contribution in [2.24, 2.45) is 11.7 Å². The summed E-state index contributed by atoms with van der Waals surface area (Å²) < 4.78 is 0. The largest absolute Gasteiger partial charge is 0.478 e. The molecule has 0 aliphatic carbocycles. The SMILES string of the molecule is N#Cc1ccc(N2CC(CN)CC2=O)c(C(=O)O)c1. The normalized spacial score (nSPS) is 18.4. The average Bonchev–Trinajstić information content (AvgIpc) is 2.79. The van der Waals surface area contributed by atoms with E-state index in [9.17, 15) is 14.7 Å². The molecule has 1 saturated heterocycles. The van der Waals surface area contributed by atoms with Crippen LogP contribution in [0.25, 0.3) is 0 Å². The lowest BCUT2D eigenvalue weighted by molar-refractivity contribution is -0.117. The van der Waals surface area contributed by atoms with E-state index in [4.69, 9.17) is 11.0 Å². The molecule has 1 fully saturated rings. The van der Waals surface area contributed by atoms with Crippen molar-refractivity contribution >= 4 is 17.6 Å². The number of amides is 1. The van der Waals surface area contributed by atoms with Crippen LogP contribution in [0.4, 0.5) is 5.69 Å². The molecule has 1 unspecified atom stereocenters. The van der Waals surface area contributed by atoms with Crippen LogP contribution >= 0.6 is 0 Å². The maximum Gasteiger partial charge on any atom is 0.337 e. The molecule has 0 spiro atoms. The van der Waals surface area contributed by atoms with Crippen molar-refractivity contribution < 1.29 is 14.7 Å². The molecule has 1 aliphatic rings. The second-order valence-electron chi connectivity index (χ2n) is 4.46. The van der Waals surface area contributed by atoms with Crippen LogP contribution in [-0.4, -0.2) is 30.1 Å². The quantitative estimate of drug-likeness (QED) is 0.825. The van der Waals surface area contributed by atoms with Crippen LogP contribution in [0.1, 0.15) is 22.3 Å². The van der Waals surface area contributed by atoms with Crippen LogP contribution in [-0.2, 0) is 4.79 Å². The van der Waals surface area contributed by atoms with Crippen LogP contribution in [0.3, 0.4) is 0 Å². The first-order valence-electron chi connectivity index (χ1n) is 5.84. The highest BCUT2D eigenvalue weighted by Crippen LogP contribution is 2.28. The van der Waals surface area contributed by atoms with E-state index >= 15 is 0 Å². The van der Waals surface area contributed by atoms with E-state index in [-0.39, 0.29) is 23.0 Å². The van der Waals surface area contributed by atoms with Gasteiger partial charge in [-0.2, -0.15) is 5.26 Å². The number of hydrogen-bond donors (Lipinski definition) is 2. The van der Waals surface area contributed by atoms with Gasteiger partial charge in [0.05, 0.1) is 22.9 Å². The molecular weight excluding hydrogens is 246 g/mol. The van der Waals surface area contributed by atoms with Crippen LogP contribution < -0.4 is 10.6 Å². The third-order valence-corrected chi connectivity index (χ3v) is 3.19. The molecule has 1 aliphatic heterocycles. The highest BCUT2D eigenvalue weighted by atomic mass is 16.4. The van der Waals surface area contributed by atoms with Gasteiger partial charge in [0.25, 0.3) is 0 Å². The van der Waals surface area contributed by atoms with Gasteiger partial charge in [0.2, 0.25) is 5.91 Å². The Kier molecular flexibility index (Phi) is 3.49. The molecule has 3 N–H and O–H groups in total. The van der Waals surface area contributed by atoms with Crippen molar-refractivity contribution in [3.8, 4) is 6.07 Å². The Balaban J connectivity index is 2.43. The number of nitrogens with zero attached hydrogens (tertiary/aromatic N) is 2. The number of carboxylic acid groups (broad SMARTS) is 1. The molecule has 6 heteroatoms. The first-order chi connectivity index (χ1) is 9.06. The highest BCUT2D eigenvalue weighted by Gasteiger charge is 2.31. The first-order valence-corrected chi connectivity index (χ1v) is 5.84. The third-order valence-electron chi connectivity index (χ3n) is 3.19. The van der Waals surface area contributed by atoms with Gasteiger partial charge in [0.15, 0.2) is 0 Å². The van der Waals surface area contributed by atoms with Crippen LogP contribution in [0.2, 0.25) is 0 Å². The van der Waals surface area contributed by atoms with Crippen molar-refractivity contribution in [2.45, 2.75) is 6.42 Å². The average molecular weight is 259 g/mol. The number of carbonyl (C=O) groups excluding carboxylic acids is 1. The van der Waals surface area contributed by atoms with E-state index in [2.05, 4.69) is 0 Å². The van der Waals surface area contributed by atoms with E-state index in [1.165, 1.54) is 23.1 Å². The summed E-state index contributed by atoms with van der Waals surface area (Å²) in [6.07, 6.45) is 0.329. The zero-order chi connectivity index (χ0) is 14.0. The lowest BCUT2D eigenvalue weighted by Gasteiger charge is -2.18. The van der Waals surface area contributed by atoms with Crippen molar-refractivity contribution in [2.75, 3.05) is 18.0 Å². The number of nitrogens with two attached hydrogens (primary N) is 1. The maximum atomic E-state index is 11.9. The fraction of sp³-hybridized carbons (Fsp3) is 0.308. The van der Waals surface area contributed by atoms with E-state index in [1.807, 2.05) is 6.07 Å². The van der Waals surface area contributed by atoms with Gasteiger partial charge in [-0.15, -0.1) is 0 Å². The van der Waals surface area contributed by atoms with Crippen LogP contribution in [0.15, 0.2) is 18.2 Å². The molecule has 6 nitrogen and oxygen atoms in total. The summed E-state index contributed by atoms with van der Waals surface area (Å²) in [7, 11) is 0. The Morgan fingerprint density at radius 1 is 1.58 bits per heavy atom. The monoisotopic (exact) mass is 259 g/mol. The highest BCUT2D eigenvalue weighted by molar-refractivity contribution is 6.03. The first kappa shape index (κ1) is 13.1. The lowest BCUT2D eigenvalue weighted by Crippen LogP contribution is -2.27. The minimum atomic E-state index is -1.16. The number of anilines is 1. The number of benzene rings is 1. The summed E-state index contributed by atoms with van der Waals surface area (Å²) in [5.41, 5.74) is 6.08. The van der Waals surface area contributed by atoms with Gasteiger partial charge in [0, 0.05) is 13.0 Å². The van der Waals surface area contributed by atoms with Gasteiger partial charge in [0.1, 0.15) is 0 Å². The van der Waals surface area contributed by atoms with E-state index in [0.717, 1.165) is 0 Å². The number of carbonyl (C=O) groups is 2. The second kappa shape index (κ2) is 5.08. The van der Waals surface area contributed by atoms with Gasteiger partial charge in [-0.3, -0.25) is 4.79 Å². The van der Waals surface area contributed by atoms with Gasteiger partial charge in [-0.05, 0) is 30.7 Å². The molecule has 1 aromatic rings. The number of rotatable bonds is 3. The lowest BCUT2D eigenvalue weighted by atomic mass is 10.1. The second-order valence-corrected chi connectivity index (χ2v) is 4.46. The Morgan fingerprint density at radius 2 is 2.32 bits per heavy atom. The fourth-order valence-corrected chi connectivity index (χ4v) is 2.18. The number of hydrogen-bond acceptors (Lipinski definition) is 4. The van der Waals surface area contributed by atoms with E-state index in [1.54, 1.807) is 0 Å². The molecule has 1 aromatic carbocycles. The summed E-state index contributed by atoms with van der Waals surface area (Å²) in [5, 5.41) is 18.0. The van der Waals surface area contributed by atoms with Gasteiger partial charge in [-0.25, -0.2) is 4.79 Å². The maximum absolute atomic E-state index is 11.9. The topological polar surface area (TPSA) is 107 Å². The van der Waals surface area contributed by atoms with Crippen molar-refractivity contribution in [1.29, 1.82) is 5.26 Å². The predicted molar refractivity (Wildman–Crippen MR) is 67.6 cm³/mol. The molecule has 1 amide bonds. The molecule has 19 heavy (non-hydrogen) atoms. The van der Waals surface area contributed by atoms with E-state index in [0.29, 0.717) is 25.2 Å². The smallest absolute Gasteiger partial charge is 0.337 e. The Morgan fingerprint density at radius 3 is 2.84 bits per heavy atom. The van der Waals surface area contributed by atoms with Crippen molar-refractivity contribution in [3.05, 3.63) is 29.3 Å². The number of nitriles is 1. The van der Waals surface area contributed by atoms with Gasteiger partial charge < -0.3 is 15.7 Å². The minimum absolute atomic E-state index is 0.0370. The van der Waals surface area contributed by atoms with Gasteiger partial charge in [-0.1, -0.05) is 0 Å². The molecular formula is C13H13N3O3. The zero-order valence-corrected chi connectivity index (χ0v) is 10.2. The Hall–Kier alpha value is -2.39. The number of carboxylic acids is 1. The van der Waals surface area contributed by atoms with Crippen LogP contribution in [0, 0.1) is 17.2 Å². The van der Waals surface area contributed by atoms with Gasteiger partial charge >= 0.3 is 5.97 Å². The minimum Gasteiger partial charge on any atom is -0.478 e. The van der Waals surface area contributed by atoms with Crippen molar-refractivity contribution in [3.63, 3.8) is 0 Å². The predicted octanol–water partition coefficient (Wildman–Crippen LogP) is 0.568. The molecule has 0 bridgehead atoms.